The van der Waals surface area contributed by atoms with Crippen LogP contribution in [0.25, 0.3) is 0 Å². The fraction of sp³-hybridized carbons (Fsp3) is 0.909. The van der Waals surface area contributed by atoms with Gasteiger partial charge in [-0.05, 0) is 32.7 Å². The Morgan fingerprint density at radius 3 is 2.47 bits per heavy atom. The third-order valence-corrected chi connectivity index (χ3v) is 3.04. The predicted molar refractivity (Wildman–Crippen MR) is 59.7 cm³/mol. The maximum atomic E-state index is 11.0. The van der Waals surface area contributed by atoms with Crippen molar-refractivity contribution in [3.63, 3.8) is 0 Å². The second-order valence-corrected chi connectivity index (χ2v) is 4.06. The van der Waals surface area contributed by atoms with Gasteiger partial charge in [0.15, 0.2) is 0 Å². The zero-order valence-electron chi connectivity index (χ0n) is 9.71. The van der Waals surface area contributed by atoms with Crippen molar-refractivity contribution < 1.29 is 9.53 Å². The molecule has 1 rings (SSSR count). The van der Waals surface area contributed by atoms with Crippen LogP contribution >= 0.6 is 0 Å². The molecule has 1 saturated carbocycles. The molecule has 88 valence electrons. The smallest absolute Gasteiger partial charge is 0.222 e. The minimum Gasteiger partial charge on any atom is -0.378 e. The summed E-state index contributed by atoms with van der Waals surface area (Å²) in [6.45, 7) is 0.550. The number of ether oxygens (including phenoxy) is 1. The Kier molecular flexibility index (Phi) is 5.65. The van der Waals surface area contributed by atoms with Crippen LogP contribution in [0.1, 0.15) is 32.1 Å². The molecule has 15 heavy (non-hydrogen) atoms. The summed E-state index contributed by atoms with van der Waals surface area (Å²) in [6.07, 6.45) is 5.42. The zero-order chi connectivity index (χ0) is 11.1. The highest BCUT2D eigenvalue weighted by Gasteiger charge is 2.20. The van der Waals surface area contributed by atoms with E-state index >= 15 is 0 Å². The Bertz CT molecular complexity index is 189. The summed E-state index contributed by atoms with van der Waals surface area (Å²) in [4.78, 5) is 11.0. The Hall–Kier alpha value is -0.610. The highest BCUT2D eigenvalue weighted by Crippen LogP contribution is 2.20. The van der Waals surface area contributed by atoms with Gasteiger partial charge in [-0.1, -0.05) is 0 Å². The molecular weight excluding hydrogens is 192 g/mol. The number of hydrogen-bond donors (Lipinski definition) is 2. The van der Waals surface area contributed by atoms with Crippen molar-refractivity contribution in [1.29, 1.82) is 0 Å². The first-order chi connectivity index (χ1) is 7.26. The summed E-state index contributed by atoms with van der Waals surface area (Å²) in [5.74, 6) is 0.0545. The lowest BCUT2D eigenvalue weighted by Gasteiger charge is -2.28. The first-order valence-electron chi connectivity index (χ1n) is 5.75. The van der Waals surface area contributed by atoms with Crippen molar-refractivity contribution in [3.05, 3.63) is 0 Å². The fourth-order valence-electron chi connectivity index (χ4n) is 1.96. The minimum atomic E-state index is 0.0545. The Morgan fingerprint density at radius 1 is 1.27 bits per heavy atom. The van der Waals surface area contributed by atoms with Crippen LogP contribution in [0.3, 0.4) is 0 Å². The highest BCUT2D eigenvalue weighted by atomic mass is 16.5. The molecule has 4 heteroatoms. The van der Waals surface area contributed by atoms with Crippen LogP contribution in [0.15, 0.2) is 0 Å². The highest BCUT2D eigenvalue weighted by molar-refractivity contribution is 5.75. The zero-order valence-corrected chi connectivity index (χ0v) is 9.71. The van der Waals surface area contributed by atoms with E-state index in [4.69, 9.17) is 4.74 Å². The molecule has 0 radical (unpaired) electrons. The molecule has 0 spiro atoms. The van der Waals surface area contributed by atoms with Crippen molar-refractivity contribution in [1.82, 2.24) is 10.6 Å². The van der Waals surface area contributed by atoms with Gasteiger partial charge in [-0.15, -0.1) is 0 Å². The largest absolute Gasteiger partial charge is 0.378 e. The van der Waals surface area contributed by atoms with Crippen LogP contribution in [-0.4, -0.2) is 38.8 Å². The summed E-state index contributed by atoms with van der Waals surface area (Å²) >= 11 is 0. The Morgan fingerprint density at radius 2 is 1.93 bits per heavy atom. The van der Waals surface area contributed by atoms with Crippen LogP contribution < -0.4 is 10.6 Å². The quantitative estimate of drug-likeness (QED) is 0.707. The van der Waals surface area contributed by atoms with Crippen LogP contribution in [0.5, 0.6) is 0 Å². The molecule has 0 aromatic heterocycles. The maximum Gasteiger partial charge on any atom is 0.222 e. The van der Waals surface area contributed by atoms with Crippen LogP contribution in [-0.2, 0) is 9.53 Å². The number of carbonyl (C=O) groups excluding carboxylic acids is 1. The number of amides is 1. The van der Waals surface area contributed by atoms with Crippen molar-refractivity contribution in [2.24, 2.45) is 0 Å². The van der Waals surface area contributed by atoms with Crippen molar-refractivity contribution in [2.75, 3.05) is 20.7 Å². The summed E-state index contributed by atoms with van der Waals surface area (Å²) in [5, 5.41) is 5.88. The summed E-state index contributed by atoms with van der Waals surface area (Å²) in [5.41, 5.74) is 0. The third kappa shape index (κ3) is 4.62. The van der Waals surface area contributed by atoms with E-state index < -0.39 is 0 Å². The lowest BCUT2D eigenvalue weighted by molar-refractivity contribution is -0.122. The van der Waals surface area contributed by atoms with Crippen molar-refractivity contribution >= 4 is 5.91 Å². The van der Waals surface area contributed by atoms with Gasteiger partial charge in [0.25, 0.3) is 0 Å². The molecule has 0 saturated heterocycles. The molecule has 0 aromatic rings. The lowest BCUT2D eigenvalue weighted by Crippen LogP contribution is -2.33. The van der Waals surface area contributed by atoms with Gasteiger partial charge in [-0.3, -0.25) is 4.79 Å². The predicted octanol–water partition coefficient (Wildman–Crippen LogP) is 0.670. The van der Waals surface area contributed by atoms with Crippen LogP contribution in [0.4, 0.5) is 0 Å². The monoisotopic (exact) mass is 214 g/mol. The van der Waals surface area contributed by atoms with Crippen LogP contribution in [0, 0.1) is 0 Å². The van der Waals surface area contributed by atoms with E-state index in [1.807, 2.05) is 7.05 Å². The van der Waals surface area contributed by atoms with E-state index in [1.165, 1.54) is 12.8 Å². The molecule has 2 N–H and O–H groups in total. The Balaban J connectivity index is 2.06. The standard InChI is InChI=1S/C11H22N2O2/c1-12-9-3-5-10(6-4-9)15-8-7-11(14)13-2/h9-10,12H,3-8H2,1-2H3,(H,13,14). The van der Waals surface area contributed by atoms with E-state index in [2.05, 4.69) is 10.6 Å². The lowest BCUT2D eigenvalue weighted by atomic mass is 9.93. The normalized spacial score (nSPS) is 26.3. The molecule has 0 bridgehead atoms. The maximum absolute atomic E-state index is 11.0. The van der Waals surface area contributed by atoms with Gasteiger partial charge in [-0.25, -0.2) is 0 Å². The first-order valence-corrected chi connectivity index (χ1v) is 5.75. The molecule has 1 aliphatic carbocycles. The van der Waals surface area contributed by atoms with E-state index in [1.54, 1.807) is 7.05 Å². The van der Waals surface area contributed by atoms with E-state index in [-0.39, 0.29) is 5.91 Å². The van der Waals surface area contributed by atoms with Gasteiger partial charge >= 0.3 is 0 Å². The molecule has 1 fully saturated rings. The summed E-state index contributed by atoms with van der Waals surface area (Å²) in [6, 6.07) is 0.656. The van der Waals surface area contributed by atoms with Gasteiger partial charge < -0.3 is 15.4 Å². The van der Waals surface area contributed by atoms with Gasteiger partial charge in [0.05, 0.1) is 12.7 Å². The minimum absolute atomic E-state index is 0.0545. The number of carbonyl (C=O) groups is 1. The summed E-state index contributed by atoms with van der Waals surface area (Å²) in [7, 11) is 3.66. The van der Waals surface area contributed by atoms with Crippen LogP contribution in [0.2, 0.25) is 0 Å². The van der Waals surface area contributed by atoms with E-state index in [0.717, 1.165) is 12.8 Å². The average molecular weight is 214 g/mol. The topological polar surface area (TPSA) is 50.4 Å². The number of rotatable bonds is 5. The van der Waals surface area contributed by atoms with Gasteiger partial charge in [-0.2, -0.15) is 0 Å². The Labute approximate surface area is 91.8 Å². The van der Waals surface area contributed by atoms with Crippen molar-refractivity contribution in [3.8, 4) is 0 Å². The molecule has 1 aliphatic rings. The molecule has 0 aromatic carbocycles. The van der Waals surface area contributed by atoms with Gasteiger partial charge in [0.1, 0.15) is 0 Å². The summed E-state index contributed by atoms with van der Waals surface area (Å²) < 4.78 is 5.66. The van der Waals surface area contributed by atoms with Gasteiger partial charge in [0.2, 0.25) is 5.91 Å². The van der Waals surface area contributed by atoms with E-state index in [9.17, 15) is 4.79 Å². The molecule has 1 amide bonds. The molecule has 0 unspecified atom stereocenters. The molecule has 0 aliphatic heterocycles. The average Bonchev–Trinajstić information content (AvgIpc) is 2.29. The molecule has 0 heterocycles. The molecule has 0 atom stereocenters. The second-order valence-electron chi connectivity index (χ2n) is 4.06. The van der Waals surface area contributed by atoms with Gasteiger partial charge in [0, 0.05) is 19.5 Å². The first kappa shape index (κ1) is 12.5. The second kappa shape index (κ2) is 6.80. The SMILES string of the molecule is CNC(=O)CCOC1CCC(NC)CC1. The number of hydrogen-bond acceptors (Lipinski definition) is 3. The third-order valence-electron chi connectivity index (χ3n) is 3.04. The van der Waals surface area contributed by atoms with E-state index in [0.29, 0.717) is 25.2 Å². The number of nitrogens with one attached hydrogen (secondary N) is 2. The molecular formula is C11H22N2O2. The fourth-order valence-corrected chi connectivity index (χ4v) is 1.96. The molecule has 4 nitrogen and oxygen atoms in total. The van der Waals surface area contributed by atoms with Crippen molar-refractivity contribution in [2.45, 2.75) is 44.2 Å².